The number of carbonyl (C=O) groups is 1. The highest BCUT2D eigenvalue weighted by Crippen LogP contribution is 2.49. The molecule has 7 nitrogen and oxygen atoms in total. The van der Waals surface area contributed by atoms with Crippen molar-refractivity contribution in [1.29, 1.82) is 0 Å². The van der Waals surface area contributed by atoms with Gasteiger partial charge in [0, 0.05) is 45.4 Å². The average molecular weight is 369 g/mol. The molecule has 0 aromatic heterocycles. The van der Waals surface area contributed by atoms with Gasteiger partial charge in [0.05, 0.1) is 6.61 Å². The lowest BCUT2D eigenvalue weighted by atomic mass is 10.0. The summed E-state index contributed by atoms with van der Waals surface area (Å²) in [5.74, 6) is 0.893. The predicted octanol–water partition coefficient (Wildman–Crippen LogP) is 2.37. The number of amides is 1. The molecule has 0 atom stereocenters. The van der Waals surface area contributed by atoms with Crippen LogP contribution in [0, 0.1) is 5.41 Å². The van der Waals surface area contributed by atoms with E-state index >= 15 is 0 Å². The summed E-state index contributed by atoms with van der Waals surface area (Å²) >= 11 is 0. The second kappa shape index (κ2) is 10.6. The summed E-state index contributed by atoms with van der Waals surface area (Å²) in [6.07, 6.45) is 5.23. The van der Waals surface area contributed by atoms with Gasteiger partial charge in [-0.05, 0) is 58.3 Å². The van der Waals surface area contributed by atoms with E-state index in [4.69, 9.17) is 14.5 Å². The summed E-state index contributed by atoms with van der Waals surface area (Å²) in [5, 5.41) is 6.90. The van der Waals surface area contributed by atoms with Crippen LogP contribution in [0.2, 0.25) is 0 Å². The molecule has 2 fully saturated rings. The number of hydrogen-bond donors (Lipinski definition) is 2. The van der Waals surface area contributed by atoms with Gasteiger partial charge in [0.25, 0.3) is 0 Å². The summed E-state index contributed by atoms with van der Waals surface area (Å²) in [7, 11) is 0. The normalized spacial score (nSPS) is 20.0. The molecule has 2 N–H and O–H groups in total. The molecule has 1 amide bonds. The first-order valence-electron chi connectivity index (χ1n) is 10.2. The van der Waals surface area contributed by atoms with Crippen LogP contribution in [0.25, 0.3) is 0 Å². The summed E-state index contributed by atoms with van der Waals surface area (Å²) < 4.78 is 10.6. The van der Waals surface area contributed by atoms with Crippen molar-refractivity contribution in [3.63, 3.8) is 0 Å². The Kier molecular flexibility index (Phi) is 8.48. The van der Waals surface area contributed by atoms with Crippen molar-refractivity contribution in [3.05, 3.63) is 0 Å². The second-order valence-electron chi connectivity index (χ2n) is 7.25. The predicted molar refractivity (Wildman–Crippen MR) is 104 cm³/mol. The zero-order chi connectivity index (χ0) is 18.8. The fourth-order valence-electron chi connectivity index (χ4n) is 3.28. The van der Waals surface area contributed by atoms with Crippen LogP contribution in [0.4, 0.5) is 4.79 Å². The van der Waals surface area contributed by atoms with E-state index in [0.717, 1.165) is 64.6 Å². The van der Waals surface area contributed by atoms with Crippen molar-refractivity contribution in [3.8, 4) is 0 Å². The molecular weight excluding hydrogens is 332 g/mol. The average Bonchev–Trinajstić information content (AvgIpc) is 3.41. The van der Waals surface area contributed by atoms with E-state index in [9.17, 15) is 4.79 Å². The summed E-state index contributed by atoms with van der Waals surface area (Å²) in [5.41, 5.74) is 0.352. The Morgan fingerprint density at radius 3 is 2.50 bits per heavy atom. The Hall–Kier alpha value is -1.50. The quantitative estimate of drug-likeness (QED) is 0.371. The fraction of sp³-hybridized carbons (Fsp3) is 0.895. The summed E-state index contributed by atoms with van der Waals surface area (Å²) in [6.45, 7) is 11.2. The second-order valence-corrected chi connectivity index (χ2v) is 7.25. The zero-order valence-electron chi connectivity index (χ0n) is 16.7. The summed E-state index contributed by atoms with van der Waals surface area (Å²) in [6, 6.07) is 0.344. The number of carbonyl (C=O) groups excluding carboxylic acids is 1. The minimum absolute atomic E-state index is 0.198. The van der Waals surface area contributed by atoms with Crippen LogP contribution >= 0.6 is 0 Å². The van der Waals surface area contributed by atoms with E-state index in [0.29, 0.717) is 18.1 Å². The Morgan fingerprint density at radius 1 is 1.19 bits per heavy atom. The molecule has 0 spiro atoms. The monoisotopic (exact) mass is 368 g/mol. The molecule has 150 valence electrons. The number of likely N-dealkylation sites (tertiary alicyclic amines) is 1. The molecule has 1 saturated heterocycles. The fourth-order valence-corrected chi connectivity index (χ4v) is 3.28. The van der Waals surface area contributed by atoms with E-state index in [1.54, 1.807) is 4.90 Å². The van der Waals surface area contributed by atoms with Gasteiger partial charge in [-0.15, -0.1) is 0 Å². The lowest BCUT2D eigenvalue weighted by Crippen LogP contribution is -2.50. The molecule has 0 radical (unpaired) electrons. The SMILES string of the molecule is CCNC(=NCC1(CCOCC)CC1)NC1CCN(C(=O)OCC)CC1. The van der Waals surface area contributed by atoms with Crippen LogP contribution in [-0.2, 0) is 9.47 Å². The molecular formula is C19H36N4O3. The number of guanidine groups is 1. The van der Waals surface area contributed by atoms with Crippen LogP contribution in [0.3, 0.4) is 0 Å². The molecule has 1 aliphatic carbocycles. The first-order valence-corrected chi connectivity index (χ1v) is 10.2. The molecule has 1 aliphatic heterocycles. The molecule has 0 aromatic carbocycles. The third-order valence-electron chi connectivity index (χ3n) is 5.22. The summed E-state index contributed by atoms with van der Waals surface area (Å²) in [4.78, 5) is 18.4. The number of rotatable bonds is 9. The van der Waals surface area contributed by atoms with Gasteiger partial charge in [0.2, 0.25) is 0 Å². The number of nitrogens with zero attached hydrogens (tertiary/aromatic N) is 2. The Bertz CT molecular complexity index is 458. The van der Waals surface area contributed by atoms with Crippen molar-refractivity contribution in [2.45, 2.75) is 58.9 Å². The van der Waals surface area contributed by atoms with Crippen molar-refractivity contribution in [1.82, 2.24) is 15.5 Å². The van der Waals surface area contributed by atoms with E-state index < -0.39 is 0 Å². The van der Waals surface area contributed by atoms with E-state index in [1.165, 1.54) is 12.8 Å². The van der Waals surface area contributed by atoms with Gasteiger partial charge in [0.1, 0.15) is 0 Å². The van der Waals surface area contributed by atoms with Crippen LogP contribution < -0.4 is 10.6 Å². The number of ether oxygens (including phenoxy) is 2. The number of nitrogens with one attached hydrogen (secondary N) is 2. The Labute approximate surface area is 157 Å². The number of hydrogen-bond acceptors (Lipinski definition) is 4. The van der Waals surface area contributed by atoms with Gasteiger partial charge >= 0.3 is 6.09 Å². The lowest BCUT2D eigenvalue weighted by Gasteiger charge is -2.32. The van der Waals surface area contributed by atoms with E-state index in [2.05, 4.69) is 17.6 Å². The van der Waals surface area contributed by atoms with E-state index in [-0.39, 0.29) is 6.09 Å². The van der Waals surface area contributed by atoms with Gasteiger partial charge < -0.3 is 25.0 Å². The van der Waals surface area contributed by atoms with Gasteiger partial charge in [-0.1, -0.05) is 0 Å². The highest BCUT2D eigenvalue weighted by molar-refractivity contribution is 5.80. The molecule has 2 aliphatic rings. The zero-order valence-corrected chi connectivity index (χ0v) is 16.7. The highest BCUT2D eigenvalue weighted by atomic mass is 16.6. The van der Waals surface area contributed by atoms with Gasteiger partial charge in [0.15, 0.2) is 5.96 Å². The van der Waals surface area contributed by atoms with Crippen LogP contribution in [-0.4, -0.2) is 69.0 Å². The minimum Gasteiger partial charge on any atom is -0.450 e. The topological polar surface area (TPSA) is 75.2 Å². The third-order valence-corrected chi connectivity index (χ3v) is 5.22. The standard InChI is InChI=1S/C19H36N4O3/c1-4-20-17(21-15-19(9-10-19)11-14-25-5-2)22-16-7-12-23(13-8-16)18(24)26-6-3/h16H,4-15H2,1-3H3,(H2,20,21,22). The van der Waals surface area contributed by atoms with Crippen molar-refractivity contribution in [2.75, 3.05) is 46.0 Å². The Morgan fingerprint density at radius 2 is 1.92 bits per heavy atom. The Balaban J connectivity index is 1.78. The first-order chi connectivity index (χ1) is 12.6. The number of aliphatic imine (C=N–C) groups is 1. The molecule has 0 unspecified atom stereocenters. The minimum atomic E-state index is -0.198. The van der Waals surface area contributed by atoms with Crippen LogP contribution in [0.15, 0.2) is 4.99 Å². The molecule has 1 heterocycles. The van der Waals surface area contributed by atoms with Crippen molar-refractivity contribution < 1.29 is 14.3 Å². The van der Waals surface area contributed by atoms with E-state index in [1.807, 2.05) is 13.8 Å². The molecule has 7 heteroatoms. The lowest BCUT2D eigenvalue weighted by molar-refractivity contribution is 0.0963. The third kappa shape index (κ3) is 6.67. The largest absolute Gasteiger partial charge is 0.450 e. The van der Waals surface area contributed by atoms with Crippen LogP contribution in [0.1, 0.15) is 52.9 Å². The maximum atomic E-state index is 11.8. The molecule has 0 bridgehead atoms. The van der Waals surface area contributed by atoms with Crippen molar-refractivity contribution >= 4 is 12.1 Å². The first kappa shape index (κ1) is 20.8. The molecule has 0 aromatic rings. The number of piperidine rings is 1. The maximum absolute atomic E-state index is 11.8. The van der Waals surface area contributed by atoms with Gasteiger partial charge in [-0.25, -0.2) is 4.79 Å². The molecule has 1 saturated carbocycles. The van der Waals surface area contributed by atoms with Crippen LogP contribution in [0.5, 0.6) is 0 Å². The van der Waals surface area contributed by atoms with Gasteiger partial charge in [-0.2, -0.15) is 0 Å². The van der Waals surface area contributed by atoms with Crippen molar-refractivity contribution in [2.24, 2.45) is 10.4 Å². The smallest absolute Gasteiger partial charge is 0.409 e. The maximum Gasteiger partial charge on any atom is 0.409 e. The molecule has 26 heavy (non-hydrogen) atoms. The van der Waals surface area contributed by atoms with Gasteiger partial charge in [-0.3, -0.25) is 4.99 Å². The highest BCUT2D eigenvalue weighted by Gasteiger charge is 2.42. The molecule has 2 rings (SSSR count).